The number of hydrogen-bond acceptors (Lipinski definition) is 6. The Kier molecular flexibility index (Phi) is 12.5. The van der Waals surface area contributed by atoms with Gasteiger partial charge in [0.05, 0.1) is 0 Å². The van der Waals surface area contributed by atoms with E-state index >= 15 is 0 Å². The van der Waals surface area contributed by atoms with Gasteiger partial charge in [0, 0.05) is 0 Å². The summed E-state index contributed by atoms with van der Waals surface area (Å²) in [5, 5.41) is 0. The van der Waals surface area contributed by atoms with Crippen LogP contribution in [-0.2, 0) is 27.2 Å². The second kappa shape index (κ2) is 11.5. The third-order valence-electron chi connectivity index (χ3n) is 1.60. The fourth-order valence-electron chi connectivity index (χ4n) is 1.24. The van der Waals surface area contributed by atoms with Crippen LogP contribution >= 0.6 is 12.6 Å². The van der Waals surface area contributed by atoms with Gasteiger partial charge < -0.3 is 0 Å². The van der Waals surface area contributed by atoms with Crippen molar-refractivity contribution in [3.8, 4) is 0 Å². The maximum atomic E-state index is 12.8. The van der Waals surface area contributed by atoms with Crippen LogP contribution in [0.25, 0.3) is 0 Å². The van der Waals surface area contributed by atoms with E-state index in [4.69, 9.17) is 18.1 Å². The Morgan fingerprint density at radius 1 is 0.565 bits per heavy atom. The molecule has 23 heavy (non-hydrogen) atoms. The van der Waals surface area contributed by atoms with Gasteiger partial charge in [-0.2, -0.15) is 0 Å². The Hall–Kier alpha value is 1.86. The summed E-state index contributed by atoms with van der Waals surface area (Å²) >= 11 is -0.825. The van der Waals surface area contributed by atoms with E-state index in [1.165, 1.54) is 0 Å². The summed E-state index contributed by atoms with van der Waals surface area (Å²) in [6.07, 6.45) is -6.91. The van der Waals surface area contributed by atoms with Gasteiger partial charge in [-0.1, -0.05) is 0 Å². The molecule has 0 aliphatic rings. The van der Waals surface area contributed by atoms with Gasteiger partial charge in [0.25, 0.3) is 0 Å². The van der Waals surface area contributed by atoms with Crippen molar-refractivity contribution in [1.82, 2.24) is 0 Å². The first-order valence-electron chi connectivity index (χ1n) is 7.36. The van der Waals surface area contributed by atoms with Gasteiger partial charge >= 0.3 is 156 Å². The molecule has 0 bridgehead atoms. The average Bonchev–Trinajstić information content (AvgIpc) is 2.22. The topological polar surface area (TPSA) is 71.1 Å². The first-order chi connectivity index (χ1) is 10.4. The van der Waals surface area contributed by atoms with Crippen LogP contribution in [0.5, 0.6) is 0 Å². The molecule has 0 amide bonds. The Balaban J connectivity index is 4.80. The minimum atomic E-state index is -3.11. The quantitative estimate of drug-likeness (QED) is 0.264. The molecular formula is C12H28O6P2Se3. The van der Waals surface area contributed by atoms with Crippen LogP contribution in [0.2, 0.25) is 0 Å². The summed E-state index contributed by atoms with van der Waals surface area (Å²) in [5.41, 5.74) is 0. The molecule has 6 nitrogen and oxygen atoms in total. The summed E-state index contributed by atoms with van der Waals surface area (Å²) in [6, 6.07) is 0. The number of rotatable bonds is 12. The summed E-state index contributed by atoms with van der Waals surface area (Å²) in [7, 11) is 0. The Morgan fingerprint density at radius 2 is 0.783 bits per heavy atom. The second-order valence-electron chi connectivity index (χ2n) is 5.73. The van der Waals surface area contributed by atoms with E-state index < -0.39 is 12.6 Å². The fraction of sp³-hybridized carbons (Fsp3) is 1.00. The second-order valence-corrected chi connectivity index (χ2v) is 35.4. The Morgan fingerprint density at radius 3 is 0.957 bits per heavy atom. The molecule has 0 aliphatic heterocycles. The molecule has 0 fully saturated rings. The van der Waals surface area contributed by atoms with Crippen LogP contribution in [0.3, 0.4) is 0 Å². The molecule has 0 heterocycles. The molecule has 0 radical (unpaired) electrons. The Labute approximate surface area is 155 Å². The van der Waals surface area contributed by atoms with Crippen LogP contribution in [0, 0.1) is 0 Å². The normalized spacial score (nSPS) is 13.7. The Bertz CT molecular complexity index is 365. The third kappa shape index (κ3) is 12.8. The van der Waals surface area contributed by atoms with Crippen LogP contribution in [0.4, 0.5) is 0 Å². The van der Waals surface area contributed by atoms with Crippen molar-refractivity contribution in [1.29, 1.82) is 0 Å². The van der Waals surface area contributed by atoms with E-state index in [1.54, 1.807) is 0 Å². The molecule has 0 aromatic carbocycles. The summed E-state index contributed by atoms with van der Waals surface area (Å²) in [6.45, 7) is 14.7. The molecule has 0 aromatic heterocycles. The SMILES string of the molecule is CC(C)OP(=O)(OC(C)C)[Se][Se][Se]P(=O)(OC(C)C)OC(C)C. The maximum absolute atomic E-state index is 12.8. The fourth-order valence-corrected chi connectivity index (χ4v) is 61.8. The van der Waals surface area contributed by atoms with E-state index in [2.05, 4.69) is 0 Å². The summed E-state index contributed by atoms with van der Waals surface area (Å²) in [5.74, 6) is 0. The molecule has 0 rings (SSSR count). The van der Waals surface area contributed by atoms with Crippen LogP contribution in [-0.4, -0.2) is 61.1 Å². The van der Waals surface area contributed by atoms with Crippen molar-refractivity contribution in [3.63, 3.8) is 0 Å². The van der Waals surface area contributed by atoms with Gasteiger partial charge in [-0.25, -0.2) is 0 Å². The number of hydrogen-bond donors (Lipinski definition) is 0. The van der Waals surface area contributed by atoms with Crippen molar-refractivity contribution < 1.29 is 27.2 Å². The molecule has 0 spiro atoms. The van der Waals surface area contributed by atoms with Gasteiger partial charge in [-0.3, -0.25) is 0 Å². The zero-order chi connectivity index (χ0) is 18.3. The molecule has 0 unspecified atom stereocenters. The molecule has 0 aromatic rings. The van der Waals surface area contributed by atoms with Crippen LogP contribution in [0.1, 0.15) is 55.4 Å². The van der Waals surface area contributed by atoms with Gasteiger partial charge in [0.15, 0.2) is 0 Å². The third-order valence-corrected chi connectivity index (χ3v) is 46.6. The van der Waals surface area contributed by atoms with Gasteiger partial charge in [0.1, 0.15) is 0 Å². The van der Waals surface area contributed by atoms with E-state index in [0.29, 0.717) is 0 Å². The molecule has 0 N–H and O–H groups in total. The molecule has 0 saturated heterocycles. The van der Waals surface area contributed by atoms with Gasteiger partial charge in [-0.15, -0.1) is 0 Å². The molecule has 0 saturated carbocycles. The van der Waals surface area contributed by atoms with Crippen molar-refractivity contribution in [2.45, 2.75) is 79.8 Å². The van der Waals surface area contributed by atoms with Gasteiger partial charge in [0.2, 0.25) is 0 Å². The van der Waals surface area contributed by atoms with E-state index in [9.17, 15) is 9.13 Å². The predicted molar refractivity (Wildman–Crippen MR) is 97.4 cm³/mol. The van der Waals surface area contributed by atoms with E-state index in [0.717, 1.165) is 0 Å². The van der Waals surface area contributed by atoms with Crippen molar-refractivity contribution in [2.75, 3.05) is 0 Å². The van der Waals surface area contributed by atoms with Crippen molar-refractivity contribution in [2.24, 2.45) is 0 Å². The standard InChI is InChI=1S/C12H28O6P2Se3/c1-9(2)15-19(13,16-10(3)4)21-23-22-20(14,17-11(5)6)18-12(7)8/h9-12H,1-8H3. The first-order valence-corrected chi connectivity index (χ1v) is 23.5. The minimum absolute atomic E-state index is 0.112. The van der Waals surface area contributed by atoms with Crippen LogP contribution < -0.4 is 0 Å². The van der Waals surface area contributed by atoms with Crippen molar-refractivity contribution in [3.05, 3.63) is 0 Å². The zero-order valence-corrected chi connectivity index (χ0v) is 21.8. The summed E-state index contributed by atoms with van der Waals surface area (Å²) < 4.78 is 47.8. The van der Waals surface area contributed by atoms with E-state index in [1.807, 2.05) is 55.4 Å². The predicted octanol–water partition coefficient (Wildman–Crippen LogP) is 3.85. The van der Waals surface area contributed by atoms with Crippen LogP contribution in [0.15, 0.2) is 0 Å². The molecule has 140 valence electrons. The van der Waals surface area contributed by atoms with E-state index in [-0.39, 0.29) is 61.1 Å². The van der Waals surface area contributed by atoms with Crippen molar-refractivity contribution >= 4 is 49.3 Å². The average molecular weight is 567 g/mol. The monoisotopic (exact) mass is 570 g/mol. The molecular weight excluding hydrogens is 539 g/mol. The molecule has 0 aliphatic carbocycles. The zero-order valence-electron chi connectivity index (χ0n) is 14.9. The van der Waals surface area contributed by atoms with Gasteiger partial charge in [-0.05, 0) is 0 Å². The first kappa shape index (κ1) is 24.9. The molecule has 11 heteroatoms. The summed E-state index contributed by atoms with van der Waals surface area (Å²) in [4.78, 5) is 0. The molecule has 0 atom stereocenters.